The molecular formula is C16H23N5. The van der Waals surface area contributed by atoms with E-state index in [0.29, 0.717) is 18.5 Å². The Hall–Kier alpha value is -2.04. The first kappa shape index (κ1) is 13.9. The maximum Gasteiger partial charge on any atom is 0.188 e. The molecule has 0 unspecified atom stereocenters. The molecular weight excluding hydrogens is 262 g/mol. The average Bonchev–Trinajstić information content (AvgIpc) is 3.07. The highest BCUT2D eigenvalue weighted by Crippen LogP contribution is 2.17. The fourth-order valence-corrected chi connectivity index (χ4v) is 3.07. The van der Waals surface area contributed by atoms with E-state index < -0.39 is 0 Å². The first-order valence-corrected chi connectivity index (χ1v) is 7.72. The zero-order chi connectivity index (χ0) is 14.7. The second-order valence-corrected chi connectivity index (χ2v) is 5.69. The number of hydrogen-bond donors (Lipinski definition) is 2. The summed E-state index contributed by atoms with van der Waals surface area (Å²) in [4.78, 5) is 9.01. The van der Waals surface area contributed by atoms with Gasteiger partial charge in [-0.2, -0.15) is 0 Å². The number of rotatable bonds is 4. The number of nitrogens with two attached hydrogens (primary N) is 1. The fraction of sp³-hybridized carbons (Fsp3) is 0.500. The number of guanidine groups is 1. The molecule has 0 spiro atoms. The number of aromatic nitrogens is 2. The molecule has 1 aliphatic rings. The van der Waals surface area contributed by atoms with E-state index in [4.69, 9.17) is 5.73 Å². The van der Waals surface area contributed by atoms with Gasteiger partial charge in [-0.05, 0) is 31.9 Å². The number of nitrogens with zero attached hydrogens (tertiary/aromatic N) is 3. The number of benzene rings is 1. The molecule has 0 radical (unpaired) electrons. The van der Waals surface area contributed by atoms with Crippen molar-refractivity contribution < 1.29 is 0 Å². The summed E-state index contributed by atoms with van der Waals surface area (Å²) in [5.74, 6) is 1.60. The van der Waals surface area contributed by atoms with Gasteiger partial charge < -0.3 is 15.6 Å². The van der Waals surface area contributed by atoms with E-state index in [9.17, 15) is 0 Å². The van der Waals surface area contributed by atoms with Crippen molar-refractivity contribution >= 4 is 17.0 Å². The molecule has 2 aromatic rings. The minimum absolute atomic E-state index is 0.518. The van der Waals surface area contributed by atoms with E-state index in [1.165, 1.54) is 25.7 Å². The van der Waals surface area contributed by atoms with Crippen LogP contribution in [0.3, 0.4) is 0 Å². The zero-order valence-corrected chi connectivity index (χ0v) is 12.5. The molecule has 112 valence electrons. The third-order valence-electron chi connectivity index (χ3n) is 4.16. The topological polar surface area (TPSA) is 68.2 Å². The van der Waals surface area contributed by atoms with Crippen LogP contribution in [0.15, 0.2) is 29.3 Å². The maximum atomic E-state index is 5.96. The highest BCUT2D eigenvalue weighted by atomic mass is 15.1. The normalized spacial score (nSPS) is 16.7. The number of para-hydroxylation sites is 2. The van der Waals surface area contributed by atoms with Gasteiger partial charge in [-0.3, -0.25) is 4.99 Å². The summed E-state index contributed by atoms with van der Waals surface area (Å²) in [5.41, 5.74) is 8.16. The van der Waals surface area contributed by atoms with Gasteiger partial charge in [0.15, 0.2) is 5.96 Å². The van der Waals surface area contributed by atoms with Crippen LogP contribution in [0.2, 0.25) is 0 Å². The Morgan fingerprint density at radius 3 is 2.95 bits per heavy atom. The molecule has 1 aromatic heterocycles. The quantitative estimate of drug-likeness (QED) is 0.668. The van der Waals surface area contributed by atoms with E-state index in [-0.39, 0.29) is 0 Å². The zero-order valence-electron chi connectivity index (χ0n) is 12.5. The van der Waals surface area contributed by atoms with Gasteiger partial charge in [0, 0.05) is 12.6 Å². The third kappa shape index (κ3) is 3.17. The Bertz CT molecular complexity index is 637. The summed E-state index contributed by atoms with van der Waals surface area (Å²) in [6.45, 7) is 3.51. The first-order valence-electron chi connectivity index (χ1n) is 7.72. The molecule has 1 heterocycles. The molecule has 1 aromatic carbocycles. The van der Waals surface area contributed by atoms with Crippen LogP contribution in [0.5, 0.6) is 0 Å². The van der Waals surface area contributed by atoms with E-state index >= 15 is 0 Å². The van der Waals surface area contributed by atoms with Crippen LogP contribution in [-0.2, 0) is 6.54 Å². The smallest absolute Gasteiger partial charge is 0.188 e. The van der Waals surface area contributed by atoms with Crippen molar-refractivity contribution in [2.45, 2.75) is 45.2 Å². The van der Waals surface area contributed by atoms with Crippen LogP contribution in [0.25, 0.3) is 11.0 Å². The summed E-state index contributed by atoms with van der Waals surface area (Å²) in [6.07, 6.45) is 5.01. The van der Waals surface area contributed by atoms with Crippen molar-refractivity contribution in [1.29, 1.82) is 0 Å². The summed E-state index contributed by atoms with van der Waals surface area (Å²) < 4.78 is 2.20. The lowest BCUT2D eigenvalue weighted by Gasteiger charge is -2.12. The molecule has 1 fully saturated rings. The Kier molecular flexibility index (Phi) is 4.08. The van der Waals surface area contributed by atoms with Gasteiger partial charge in [0.2, 0.25) is 0 Å². The molecule has 1 aliphatic carbocycles. The molecule has 3 N–H and O–H groups in total. The van der Waals surface area contributed by atoms with Crippen molar-refractivity contribution in [2.75, 3.05) is 6.54 Å². The van der Waals surface area contributed by atoms with Crippen molar-refractivity contribution in [1.82, 2.24) is 14.9 Å². The molecule has 5 heteroatoms. The summed E-state index contributed by atoms with van der Waals surface area (Å²) >= 11 is 0. The second-order valence-electron chi connectivity index (χ2n) is 5.69. The van der Waals surface area contributed by atoms with Crippen LogP contribution in [-0.4, -0.2) is 28.1 Å². The number of aryl methyl sites for hydroxylation is 1. The van der Waals surface area contributed by atoms with Gasteiger partial charge >= 0.3 is 0 Å². The van der Waals surface area contributed by atoms with Crippen LogP contribution < -0.4 is 11.1 Å². The van der Waals surface area contributed by atoms with E-state index in [0.717, 1.165) is 23.4 Å². The van der Waals surface area contributed by atoms with Crippen molar-refractivity contribution in [3.8, 4) is 0 Å². The van der Waals surface area contributed by atoms with Gasteiger partial charge in [0.25, 0.3) is 0 Å². The van der Waals surface area contributed by atoms with E-state index in [2.05, 4.69) is 25.9 Å². The Morgan fingerprint density at radius 1 is 1.38 bits per heavy atom. The molecule has 0 saturated heterocycles. The molecule has 21 heavy (non-hydrogen) atoms. The molecule has 0 amide bonds. The van der Waals surface area contributed by atoms with Gasteiger partial charge in [-0.1, -0.05) is 25.0 Å². The highest BCUT2D eigenvalue weighted by Gasteiger charge is 2.14. The van der Waals surface area contributed by atoms with Gasteiger partial charge in [0.1, 0.15) is 5.82 Å². The molecule has 5 nitrogen and oxygen atoms in total. The summed E-state index contributed by atoms with van der Waals surface area (Å²) in [5, 5.41) is 3.31. The standard InChI is InChI=1S/C16H23N5/c1-12-19-14-8-4-5-9-15(14)21(12)11-10-18-16(17)20-13-6-2-3-7-13/h4-5,8-9,13H,2-3,6-7,10-11H2,1H3,(H3,17,18,20). The largest absolute Gasteiger partial charge is 0.370 e. The predicted molar refractivity (Wildman–Crippen MR) is 86.4 cm³/mol. The monoisotopic (exact) mass is 285 g/mol. The SMILES string of the molecule is Cc1nc2ccccc2n1CCN=C(N)NC1CCCC1. The van der Waals surface area contributed by atoms with Crippen molar-refractivity contribution in [3.05, 3.63) is 30.1 Å². The lowest BCUT2D eigenvalue weighted by molar-refractivity contribution is 0.622. The Balaban J connectivity index is 1.62. The van der Waals surface area contributed by atoms with Crippen LogP contribution in [0, 0.1) is 6.92 Å². The molecule has 0 bridgehead atoms. The lowest BCUT2D eigenvalue weighted by atomic mass is 10.2. The third-order valence-corrected chi connectivity index (χ3v) is 4.16. The Labute approximate surface area is 125 Å². The number of aliphatic imine (C=N–C) groups is 1. The first-order chi connectivity index (χ1) is 10.2. The van der Waals surface area contributed by atoms with Gasteiger partial charge in [-0.15, -0.1) is 0 Å². The summed E-state index contributed by atoms with van der Waals surface area (Å²) in [7, 11) is 0. The second kappa shape index (κ2) is 6.16. The average molecular weight is 285 g/mol. The number of hydrogen-bond acceptors (Lipinski definition) is 2. The lowest BCUT2D eigenvalue weighted by Crippen LogP contribution is -2.38. The van der Waals surface area contributed by atoms with Crippen LogP contribution in [0.4, 0.5) is 0 Å². The van der Waals surface area contributed by atoms with E-state index in [1.807, 2.05) is 25.1 Å². The Morgan fingerprint density at radius 2 is 2.14 bits per heavy atom. The minimum atomic E-state index is 0.518. The highest BCUT2D eigenvalue weighted by molar-refractivity contribution is 5.78. The molecule has 0 atom stereocenters. The maximum absolute atomic E-state index is 5.96. The van der Waals surface area contributed by atoms with Crippen LogP contribution >= 0.6 is 0 Å². The number of imidazole rings is 1. The molecule has 0 aliphatic heterocycles. The van der Waals surface area contributed by atoms with Gasteiger partial charge in [-0.25, -0.2) is 4.98 Å². The molecule has 1 saturated carbocycles. The minimum Gasteiger partial charge on any atom is -0.370 e. The van der Waals surface area contributed by atoms with Crippen LogP contribution in [0.1, 0.15) is 31.5 Å². The fourth-order valence-electron chi connectivity index (χ4n) is 3.07. The summed E-state index contributed by atoms with van der Waals surface area (Å²) in [6, 6.07) is 8.71. The predicted octanol–water partition coefficient (Wildman–Crippen LogP) is 2.19. The van der Waals surface area contributed by atoms with Crippen molar-refractivity contribution in [3.63, 3.8) is 0 Å². The van der Waals surface area contributed by atoms with Crippen molar-refractivity contribution in [2.24, 2.45) is 10.7 Å². The van der Waals surface area contributed by atoms with E-state index in [1.54, 1.807) is 0 Å². The number of nitrogens with one attached hydrogen (secondary N) is 1. The molecule has 3 rings (SSSR count). The number of fused-ring (bicyclic) bond motifs is 1. The van der Waals surface area contributed by atoms with Gasteiger partial charge in [0.05, 0.1) is 17.6 Å².